The molecule has 0 amide bonds. The second-order valence-corrected chi connectivity index (χ2v) is 11.3. The predicted octanol–water partition coefficient (Wildman–Crippen LogP) is 4.49. The fourth-order valence-corrected chi connectivity index (χ4v) is 7.79. The number of carbonyl (C=O) groups excluding carboxylic acids is 1. The number of hydrogen-bond acceptors (Lipinski definition) is 5. The first-order valence-electron chi connectivity index (χ1n) is 12.4. The molecule has 0 aromatic heterocycles. The van der Waals surface area contributed by atoms with Gasteiger partial charge in [-0.15, -0.1) is 0 Å². The van der Waals surface area contributed by atoms with Crippen molar-refractivity contribution in [3.63, 3.8) is 0 Å². The van der Waals surface area contributed by atoms with Gasteiger partial charge in [-0.1, -0.05) is 38.1 Å². The van der Waals surface area contributed by atoms with Gasteiger partial charge in [0.1, 0.15) is 5.25 Å². The predicted molar refractivity (Wildman–Crippen MR) is 135 cm³/mol. The van der Waals surface area contributed by atoms with E-state index in [0.717, 1.165) is 24.0 Å². The molecule has 4 rings (SSSR count). The number of carboxylic acids is 1. The number of nitrogens with zero attached hydrogens (tertiary/aromatic N) is 1. The molecule has 3 unspecified atom stereocenters. The Labute approximate surface area is 207 Å². The summed E-state index contributed by atoms with van der Waals surface area (Å²) >= 11 is 0. The molecule has 7 nitrogen and oxygen atoms in total. The number of ether oxygens (including phenoxy) is 1. The number of benzene rings is 2. The van der Waals surface area contributed by atoms with Crippen molar-refractivity contribution in [2.45, 2.75) is 63.7 Å². The molecule has 35 heavy (non-hydrogen) atoms. The van der Waals surface area contributed by atoms with Crippen LogP contribution in [0.15, 0.2) is 42.5 Å². The monoisotopic (exact) mass is 499 g/mol. The van der Waals surface area contributed by atoms with Gasteiger partial charge in [-0.25, -0.2) is 13.2 Å². The Morgan fingerprint density at radius 1 is 1.11 bits per heavy atom. The Morgan fingerprint density at radius 2 is 1.89 bits per heavy atom. The molecule has 8 heteroatoms. The van der Waals surface area contributed by atoms with E-state index in [4.69, 9.17) is 4.74 Å². The average molecular weight is 500 g/mol. The number of carbonyl (C=O) groups is 2. The van der Waals surface area contributed by atoms with E-state index in [1.165, 1.54) is 28.6 Å². The van der Waals surface area contributed by atoms with Gasteiger partial charge in [0.2, 0.25) is 10.0 Å². The lowest BCUT2D eigenvalue weighted by atomic mass is 9.92. The molecular weight excluding hydrogens is 466 g/mol. The highest BCUT2D eigenvalue weighted by Crippen LogP contribution is 2.39. The van der Waals surface area contributed by atoms with Gasteiger partial charge in [0, 0.05) is 24.1 Å². The van der Waals surface area contributed by atoms with E-state index in [1.807, 2.05) is 19.1 Å². The van der Waals surface area contributed by atoms with Gasteiger partial charge in [0.05, 0.1) is 17.9 Å². The maximum Gasteiger partial charge on any atom is 0.335 e. The first-order valence-corrected chi connectivity index (χ1v) is 13.9. The number of aryl methyl sites for hydroxylation is 2. The second-order valence-electron chi connectivity index (χ2n) is 9.41. The molecule has 0 bridgehead atoms. The second kappa shape index (κ2) is 10.5. The van der Waals surface area contributed by atoms with Crippen molar-refractivity contribution in [1.29, 1.82) is 0 Å². The molecule has 1 fully saturated rings. The number of rotatable bonds is 8. The molecule has 2 aromatic rings. The third kappa shape index (κ3) is 5.00. The van der Waals surface area contributed by atoms with Crippen molar-refractivity contribution < 1.29 is 27.9 Å². The van der Waals surface area contributed by atoms with Crippen LogP contribution in [0, 0.1) is 5.92 Å². The third-order valence-electron chi connectivity index (χ3n) is 7.21. The summed E-state index contributed by atoms with van der Waals surface area (Å²) in [6, 6.07) is 11.3. The summed E-state index contributed by atoms with van der Waals surface area (Å²) in [6.07, 6.45) is 4.20. The van der Waals surface area contributed by atoms with Crippen LogP contribution in [0.1, 0.15) is 71.4 Å². The van der Waals surface area contributed by atoms with Crippen LogP contribution in [0.2, 0.25) is 0 Å². The highest BCUT2D eigenvalue weighted by Gasteiger charge is 2.47. The van der Waals surface area contributed by atoms with Crippen molar-refractivity contribution in [1.82, 2.24) is 0 Å². The number of ketones is 1. The summed E-state index contributed by atoms with van der Waals surface area (Å²) in [5.74, 6) is -2.24. The van der Waals surface area contributed by atoms with Crippen LogP contribution in [0.3, 0.4) is 0 Å². The lowest BCUT2D eigenvalue weighted by Gasteiger charge is -2.41. The van der Waals surface area contributed by atoms with Gasteiger partial charge in [-0.2, -0.15) is 0 Å². The maximum absolute atomic E-state index is 14.4. The van der Waals surface area contributed by atoms with Crippen LogP contribution in [-0.4, -0.2) is 49.8 Å². The van der Waals surface area contributed by atoms with Crippen LogP contribution in [0.5, 0.6) is 0 Å². The zero-order valence-electron chi connectivity index (χ0n) is 20.3. The Balaban J connectivity index is 1.83. The van der Waals surface area contributed by atoms with Crippen molar-refractivity contribution in [2.24, 2.45) is 5.92 Å². The van der Waals surface area contributed by atoms with Crippen LogP contribution >= 0.6 is 0 Å². The summed E-state index contributed by atoms with van der Waals surface area (Å²) in [4.78, 5) is 25.4. The summed E-state index contributed by atoms with van der Waals surface area (Å²) in [6.45, 7) is 4.75. The van der Waals surface area contributed by atoms with Gasteiger partial charge < -0.3 is 9.84 Å². The highest BCUT2D eigenvalue weighted by molar-refractivity contribution is 7.94. The first kappa shape index (κ1) is 25.4. The smallest absolute Gasteiger partial charge is 0.335 e. The van der Waals surface area contributed by atoms with Gasteiger partial charge in [0.15, 0.2) is 5.78 Å². The standard InChI is InChI=1S/C27H33NO6S/c1-3-18-10-13-24-19(15-18)11-12-23(4-2)28(24)35(32,33)26(22-9-6-14-34-17-22)25(29)20-7-5-8-21(16-20)27(30)31/h5,7-8,10,13,15-16,22-23,26H,3-4,6,9,11-12,14,17H2,1-2H3,(H,30,31). The quantitative estimate of drug-likeness (QED) is 0.537. The molecule has 0 spiro atoms. The molecule has 2 aliphatic rings. The normalized spacial score (nSPS) is 21.3. The van der Waals surface area contributed by atoms with E-state index in [9.17, 15) is 23.1 Å². The fourth-order valence-electron chi connectivity index (χ4n) is 5.31. The minimum Gasteiger partial charge on any atom is -0.478 e. The van der Waals surface area contributed by atoms with Gasteiger partial charge in [0.25, 0.3) is 0 Å². The molecule has 188 valence electrons. The lowest BCUT2D eigenvalue weighted by Crippen LogP contribution is -2.53. The van der Waals surface area contributed by atoms with Crippen molar-refractivity contribution >= 4 is 27.5 Å². The molecule has 0 saturated carbocycles. The molecule has 2 heterocycles. The Morgan fingerprint density at radius 3 is 2.54 bits per heavy atom. The number of carboxylic acid groups (broad SMARTS) is 1. The number of anilines is 1. The molecule has 0 radical (unpaired) electrons. The third-order valence-corrected chi connectivity index (χ3v) is 9.49. The number of aromatic carboxylic acids is 1. The van der Waals surface area contributed by atoms with Crippen molar-refractivity contribution in [2.75, 3.05) is 17.5 Å². The van der Waals surface area contributed by atoms with E-state index in [1.54, 1.807) is 0 Å². The van der Waals surface area contributed by atoms with Crippen LogP contribution in [0.4, 0.5) is 5.69 Å². The minimum absolute atomic E-state index is 0.0475. The molecule has 2 aliphatic heterocycles. The summed E-state index contributed by atoms with van der Waals surface area (Å²) in [5, 5.41) is 8.05. The first-order chi connectivity index (χ1) is 16.8. The maximum atomic E-state index is 14.4. The van der Waals surface area contributed by atoms with E-state index >= 15 is 0 Å². The van der Waals surface area contributed by atoms with Gasteiger partial charge in [-0.3, -0.25) is 9.10 Å². The van der Waals surface area contributed by atoms with Crippen LogP contribution in [-0.2, 0) is 27.6 Å². The molecule has 0 aliphatic carbocycles. The zero-order chi connectivity index (χ0) is 25.2. The SMILES string of the molecule is CCc1ccc2c(c1)CCC(CC)N2S(=O)(=O)C(C(=O)c1cccc(C(=O)O)c1)C1CCCOC1. The Hall–Kier alpha value is -2.71. The minimum atomic E-state index is -4.14. The topological polar surface area (TPSA) is 101 Å². The Bertz CT molecular complexity index is 1200. The molecular formula is C27H33NO6S. The van der Waals surface area contributed by atoms with Gasteiger partial charge in [-0.05, 0) is 67.9 Å². The van der Waals surface area contributed by atoms with E-state index in [0.29, 0.717) is 38.0 Å². The number of sulfonamides is 1. The number of Topliss-reactive ketones (excluding diaryl/α,β-unsaturated/α-hetero) is 1. The fraction of sp³-hybridized carbons (Fsp3) is 0.481. The van der Waals surface area contributed by atoms with E-state index in [-0.39, 0.29) is 23.8 Å². The van der Waals surface area contributed by atoms with Gasteiger partial charge >= 0.3 is 5.97 Å². The zero-order valence-corrected chi connectivity index (χ0v) is 21.1. The highest BCUT2D eigenvalue weighted by atomic mass is 32.2. The van der Waals surface area contributed by atoms with E-state index in [2.05, 4.69) is 13.0 Å². The summed E-state index contributed by atoms with van der Waals surface area (Å²) in [5.41, 5.74) is 2.82. The largest absolute Gasteiger partial charge is 0.478 e. The lowest BCUT2D eigenvalue weighted by molar-refractivity contribution is 0.0499. The van der Waals surface area contributed by atoms with Crippen LogP contribution < -0.4 is 4.31 Å². The summed E-state index contributed by atoms with van der Waals surface area (Å²) < 4.78 is 36.0. The summed E-state index contributed by atoms with van der Waals surface area (Å²) in [7, 11) is -4.14. The van der Waals surface area contributed by atoms with E-state index < -0.39 is 32.9 Å². The number of hydrogen-bond donors (Lipinski definition) is 1. The average Bonchev–Trinajstić information content (AvgIpc) is 2.88. The Kier molecular flexibility index (Phi) is 7.62. The number of fused-ring (bicyclic) bond motifs is 1. The van der Waals surface area contributed by atoms with Crippen LogP contribution in [0.25, 0.3) is 0 Å². The van der Waals surface area contributed by atoms with Crippen molar-refractivity contribution in [3.05, 3.63) is 64.7 Å². The molecule has 1 N–H and O–H groups in total. The molecule has 2 aromatic carbocycles. The molecule has 1 saturated heterocycles. The van der Waals surface area contributed by atoms with Crippen molar-refractivity contribution in [3.8, 4) is 0 Å². The molecule has 3 atom stereocenters.